The molecule has 0 amide bonds. The van der Waals surface area contributed by atoms with Crippen molar-refractivity contribution in [3.63, 3.8) is 0 Å². The number of benzene rings is 7. The van der Waals surface area contributed by atoms with Crippen LogP contribution in [0.15, 0.2) is 121 Å². The Balaban J connectivity index is 1.58. The fourth-order valence-corrected chi connectivity index (χ4v) is 9.90. The van der Waals surface area contributed by atoms with Crippen molar-refractivity contribution >= 4 is 43.6 Å². The molecule has 0 bridgehead atoms. The smallest absolute Gasteiger partial charge is 0.0994 e. The Morgan fingerprint density at radius 1 is 0.348 bits per heavy atom. The quantitative estimate of drug-likeness (QED) is 0.177. The van der Waals surface area contributed by atoms with Crippen molar-refractivity contribution in [3.8, 4) is 45.8 Å². The van der Waals surface area contributed by atoms with Crippen LogP contribution in [0.3, 0.4) is 0 Å². The largest absolute Gasteiger partial charge is 0.309 e. The molecule has 9 rings (SSSR count). The average Bonchev–Trinajstić information content (AvgIpc) is 3.76. The third-order valence-corrected chi connectivity index (χ3v) is 14.1. The molecule has 0 spiro atoms. The van der Waals surface area contributed by atoms with E-state index in [2.05, 4.69) is 215 Å². The maximum Gasteiger partial charge on any atom is 0.0994 e. The number of fused-ring (bicyclic) bond motifs is 6. The van der Waals surface area contributed by atoms with Gasteiger partial charge in [0, 0.05) is 32.7 Å². The second kappa shape index (κ2) is 15.4. The Bertz CT molecular complexity index is 3170. The zero-order chi connectivity index (χ0) is 47.4. The number of hydrogen-bond acceptors (Lipinski definition) is 2. The highest BCUT2D eigenvalue weighted by atomic mass is 15.0. The van der Waals surface area contributed by atoms with Gasteiger partial charge in [-0.25, -0.2) is 0 Å². The molecule has 0 aliphatic carbocycles. The summed E-state index contributed by atoms with van der Waals surface area (Å²) in [6, 6.07) is 50.0. The zero-order valence-electron chi connectivity index (χ0n) is 41.3. The van der Waals surface area contributed by atoms with E-state index in [1.807, 2.05) is 24.3 Å². The van der Waals surface area contributed by atoms with Crippen LogP contribution in [0.2, 0.25) is 0 Å². The summed E-state index contributed by atoms with van der Waals surface area (Å²) in [5.74, 6) is 0. The van der Waals surface area contributed by atoms with Crippen LogP contribution in [0.25, 0.3) is 77.2 Å². The van der Waals surface area contributed by atoms with Gasteiger partial charge in [0.15, 0.2) is 0 Å². The second-order valence-corrected chi connectivity index (χ2v) is 22.7. The van der Waals surface area contributed by atoms with Crippen molar-refractivity contribution in [2.24, 2.45) is 0 Å². The van der Waals surface area contributed by atoms with Crippen LogP contribution >= 0.6 is 0 Å². The summed E-state index contributed by atoms with van der Waals surface area (Å²) in [7, 11) is 0. The van der Waals surface area contributed by atoms with Gasteiger partial charge in [-0.05, 0) is 129 Å². The van der Waals surface area contributed by atoms with Crippen molar-refractivity contribution in [2.45, 2.75) is 119 Å². The molecular weight excluding hydrogens is 801 g/mol. The summed E-state index contributed by atoms with van der Waals surface area (Å²) in [4.78, 5) is 0. The molecule has 0 atom stereocenters. The summed E-state index contributed by atoms with van der Waals surface area (Å²) in [6.45, 7) is 31.5. The van der Waals surface area contributed by atoms with E-state index in [1.54, 1.807) is 0 Å². The number of aromatic nitrogens is 2. The maximum atomic E-state index is 10.5. The minimum atomic E-state index is -0.0939. The van der Waals surface area contributed by atoms with Crippen LogP contribution in [0, 0.1) is 36.5 Å². The molecule has 0 aliphatic heterocycles. The first kappa shape index (κ1) is 44.3. The van der Waals surface area contributed by atoms with Crippen LogP contribution in [-0.4, -0.2) is 9.13 Å². The fourth-order valence-electron chi connectivity index (χ4n) is 9.90. The lowest BCUT2D eigenvalue weighted by Gasteiger charge is -2.25. The molecule has 0 fully saturated rings. The number of hydrogen-bond donors (Lipinski definition) is 0. The van der Waals surface area contributed by atoms with E-state index in [1.165, 1.54) is 43.8 Å². The van der Waals surface area contributed by atoms with Gasteiger partial charge in [-0.3, -0.25) is 0 Å². The molecule has 0 radical (unpaired) electrons. The topological polar surface area (TPSA) is 57.4 Å². The minimum Gasteiger partial charge on any atom is -0.309 e. The Hall–Kier alpha value is -6.88. The van der Waals surface area contributed by atoms with Gasteiger partial charge in [0.25, 0.3) is 0 Å². The van der Waals surface area contributed by atoms with Gasteiger partial charge >= 0.3 is 0 Å². The van der Waals surface area contributed by atoms with Crippen LogP contribution in [0.5, 0.6) is 0 Å². The Morgan fingerprint density at radius 2 is 0.636 bits per heavy atom. The van der Waals surface area contributed by atoms with Gasteiger partial charge in [0.1, 0.15) is 0 Å². The molecule has 2 heterocycles. The summed E-state index contributed by atoms with van der Waals surface area (Å²) in [5.41, 5.74) is 18.4. The lowest BCUT2D eigenvalue weighted by molar-refractivity contribution is 0.590. The van der Waals surface area contributed by atoms with E-state index in [0.717, 1.165) is 66.8 Å². The predicted octanol–water partition coefficient (Wildman–Crippen LogP) is 16.8. The maximum absolute atomic E-state index is 10.5. The lowest BCUT2D eigenvalue weighted by Crippen LogP contribution is -2.12. The van der Waals surface area contributed by atoms with E-state index < -0.39 is 0 Å². The molecule has 0 unspecified atom stereocenters. The van der Waals surface area contributed by atoms with E-state index in [-0.39, 0.29) is 21.7 Å². The standard InChI is InChI=1S/C62H62N4/c1-37-39(35-63)17-15-19-45(37)51-33-52(46-20-16-18-40(36-64)38(46)2)58(66-55-31-43(61(9,10)11)23-27-49(55)50-28-24-44(32-56(50)66)62(12,13)14)34-57(51)65-53-29-41(59(3,4)5)21-25-47(53)48-26-22-42(30-54(48)65)60(6,7)8/h15-34H,1-14H3. The van der Waals surface area contributed by atoms with Crippen molar-refractivity contribution in [3.05, 3.63) is 166 Å². The van der Waals surface area contributed by atoms with Crippen LogP contribution in [-0.2, 0) is 21.7 Å². The lowest BCUT2D eigenvalue weighted by atomic mass is 9.86. The highest BCUT2D eigenvalue weighted by Gasteiger charge is 2.28. The summed E-state index contributed by atoms with van der Waals surface area (Å²) in [5, 5.41) is 25.8. The molecule has 0 saturated heterocycles. The van der Waals surface area contributed by atoms with E-state index >= 15 is 0 Å². The SMILES string of the molecule is Cc1c(C#N)cccc1-c1cc(-c2cccc(C#N)c2C)c(-n2c3cc(C(C)(C)C)ccc3c3ccc(C(C)(C)C)cc32)cc1-n1c2cc(C(C)(C)C)ccc2c2ccc(C(C)(C)C)cc21. The first-order valence-corrected chi connectivity index (χ1v) is 23.4. The molecule has 0 N–H and O–H groups in total. The highest BCUT2D eigenvalue weighted by Crippen LogP contribution is 2.47. The summed E-state index contributed by atoms with van der Waals surface area (Å²) in [6.07, 6.45) is 0. The summed E-state index contributed by atoms with van der Waals surface area (Å²) < 4.78 is 5.01. The van der Waals surface area contributed by atoms with Crippen molar-refractivity contribution < 1.29 is 0 Å². The number of nitriles is 2. The van der Waals surface area contributed by atoms with Gasteiger partial charge < -0.3 is 9.13 Å². The fraction of sp³-hybridized carbons (Fsp3) is 0.290. The van der Waals surface area contributed by atoms with Crippen LogP contribution < -0.4 is 0 Å². The van der Waals surface area contributed by atoms with Crippen LogP contribution in [0.4, 0.5) is 0 Å². The molecule has 4 heteroatoms. The molecule has 2 aromatic heterocycles. The molecule has 0 aliphatic rings. The second-order valence-electron chi connectivity index (χ2n) is 22.7. The molecular formula is C62H62N4. The first-order chi connectivity index (χ1) is 31.0. The number of nitrogens with zero attached hydrogens (tertiary/aromatic N) is 4. The van der Waals surface area contributed by atoms with Crippen LogP contribution in [0.1, 0.15) is 128 Å². The molecule has 7 aromatic carbocycles. The van der Waals surface area contributed by atoms with Gasteiger partial charge in [-0.2, -0.15) is 10.5 Å². The van der Waals surface area contributed by atoms with Crippen molar-refractivity contribution in [1.29, 1.82) is 10.5 Å². The Kier molecular flexibility index (Phi) is 10.3. The molecule has 0 saturated carbocycles. The predicted molar refractivity (Wildman–Crippen MR) is 280 cm³/mol. The van der Waals surface area contributed by atoms with E-state index in [4.69, 9.17) is 0 Å². The minimum absolute atomic E-state index is 0.0939. The summed E-state index contributed by atoms with van der Waals surface area (Å²) >= 11 is 0. The number of rotatable bonds is 4. The van der Waals surface area contributed by atoms with E-state index in [0.29, 0.717) is 11.1 Å². The molecule has 330 valence electrons. The van der Waals surface area contributed by atoms with Crippen molar-refractivity contribution in [2.75, 3.05) is 0 Å². The Morgan fingerprint density at radius 3 is 0.894 bits per heavy atom. The normalized spacial score (nSPS) is 12.7. The van der Waals surface area contributed by atoms with Gasteiger partial charge in [-0.1, -0.05) is 156 Å². The average molecular weight is 863 g/mol. The van der Waals surface area contributed by atoms with Gasteiger partial charge in [0.05, 0.1) is 56.7 Å². The third kappa shape index (κ3) is 7.29. The Labute approximate surface area is 391 Å². The zero-order valence-corrected chi connectivity index (χ0v) is 41.3. The molecule has 66 heavy (non-hydrogen) atoms. The van der Waals surface area contributed by atoms with Gasteiger partial charge in [0.2, 0.25) is 0 Å². The third-order valence-electron chi connectivity index (χ3n) is 14.1. The van der Waals surface area contributed by atoms with E-state index in [9.17, 15) is 10.5 Å². The highest BCUT2D eigenvalue weighted by molar-refractivity contribution is 6.12. The first-order valence-electron chi connectivity index (χ1n) is 23.4. The van der Waals surface area contributed by atoms with Gasteiger partial charge in [-0.15, -0.1) is 0 Å². The molecule has 9 aromatic rings. The molecule has 4 nitrogen and oxygen atoms in total. The van der Waals surface area contributed by atoms with Crippen molar-refractivity contribution in [1.82, 2.24) is 9.13 Å². The monoisotopic (exact) mass is 862 g/mol.